The molecule has 0 amide bonds. The zero-order valence-electron chi connectivity index (χ0n) is 10.4. The first-order valence-corrected chi connectivity index (χ1v) is 7.79. The first-order chi connectivity index (χ1) is 9.10. The Kier molecular flexibility index (Phi) is 4.87. The van der Waals surface area contributed by atoms with Gasteiger partial charge in [-0.25, -0.2) is 4.79 Å². The summed E-state index contributed by atoms with van der Waals surface area (Å²) in [5, 5.41) is 9.01. The molecule has 0 aliphatic rings. The monoisotopic (exact) mass is 384 g/mol. The molecule has 2 aromatic carbocycles. The molecule has 1 N–H and O–H groups in total. The second-order valence-electron chi connectivity index (χ2n) is 4.04. The van der Waals surface area contributed by atoms with Gasteiger partial charge in [0.2, 0.25) is 0 Å². The molecule has 0 unspecified atom stereocenters. The molecule has 0 heterocycles. The highest BCUT2D eigenvalue weighted by atomic mass is 127. The van der Waals surface area contributed by atoms with Crippen molar-refractivity contribution < 1.29 is 9.90 Å². The highest BCUT2D eigenvalue weighted by molar-refractivity contribution is 14.1. The molecule has 0 aromatic heterocycles. The van der Waals surface area contributed by atoms with E-state index in [1.807, 2.05) is 13.0 Å². The van der Waals surface area contributed by atoms with Crippen LogP contribution in [-0.4, -0.2) is 11.1 Å². The number of benzene rings is 2. The van der Waals surface area contributed by atoms with E-state index in [1.54, 1.807) is 23.9 Å². The van der Waals surface area contributed by atoms with Gasteiger partial charge in [-0.3, -0.25) is 0 Å². The van der Waals surface area contributed by atoms with E-state index in [0.717, 1.165) is 21.8 Å². The summed E-state index contributed by atoms with van der Waals surface area (Å²) >= 11 is 3.95. The first-order valence-electron chi connectivity index (χ1n) is 5.90. The molecule has 2 rings (SSSR count). The molecule has 0 fully saturated rings. The lowest BCUT2D eigenvalue weighted by Crippen LogP contribution is -1.98. The zero-order chi connectivity index (χ0) is 13.8. The van der Waals surface area contributed by atoms with Crippen LogP contribution in [0.5, 0.6) is 0 Å². The highest BCUT2D eigenvalue weighted by Crippen LogP contribution is 2.31. The van der Waals surface area contributed by atoms with E-state index in [4.69, 9.17) is 5.11 Å². The molecule has 0 radical (unpaired) electrons. The number of carboxylic acid groups (broad SMARTS) is 1. The van der Waals surface area contributed by atoms with Crippen molar-refractivity contribution in [3.05, 3.63) is 57.2 Å². The summed E-state index contributed by atoms with van der Waals surface area (Å²) in [5.74, 6) is -0.875. The van der Waals surface area contributed by atoms with Gasteiger partial charge in [0.25, 0.3) is 0 Å². The van der Waals surface area contributed by atoms with Gasteiger partial charge in [-0.1, -0.05) is 18.7 Å². The fraction of sp³-hybridized carbons (Fsp3) is 0.133. The Hall–Kier alpha value is -1.01. The third-order valence-electron chi connectivity index (χ3n) is 2.73. The quantitative estimate of drug-likeness (QED) is 0.777. The molecule has 0 saturated carbocycles. The smallest absolute Gasteiger partial charge is 0.335 e. The summed E-state index contributed by atoms with van der Waals surface area (Å²) in [6.07, 6.45) is 0.827. The molecule has 98 valence electrons. The van der Waals surface area contributed by atoms with Crippen molar-refractivity contribution in [1.29, 1.82) is 0 Å². The summed E-state index contributed by atoms with van der Waals surface area (Å²) in [7, 11) is 0. The molecule has 2 aromatic rings. The fourth-order valence-electron chi connectivity index (χ4n) is 1.72. The second-order valence-corrected chi connectivity index (χ2v) is 6.40. The molecular formula is C15H13IO2S. The lowest BCUT2D eigenvalue weighted by molar-refractivity contribution is 0.0696. The first kappa shape index (κ1) is 14.4. The molecule has 0 aliphatic carbocycles. The van der Waals surface area contributed by atoms with Gasteiger partial charge in [-0.05, 0) is 77.0 Å². The summed E-state index contributed by atoms with van der Waals surface area (Å²) in [6.45, 7) is 2.04. The number of halogens is 1. The third kappa shape index (κ3) is 3.73. The maximum Gasteiger partial charge on any atom is 0.335 e. The van der Waals surface area contributed by atoms with Crippen LogP contribution in [0, 0.1) is 3.57 Å². The minimum atomic E-state index is -0.875. The number of hydrogen-bond donors (Lipinski definition) is 1. The van der Waals surface area contributed by atoms with Crippen LogP contribution in [0.1, 0.15) is 22.8 Å². The number of carboxylic acids is 1. The van der Waals surface area contributed by atoms with Crippen LogP contribution in [0.4, 0.5) is 0 Å². The molecule has 19 heavy (non-hydrogen) atoms. The van der Waals surface area contributed by atoms with Gasteiger partial charge < -0.3 is 5.11 Å². The Morgan fingerprint density at radius 1 is 1.21 bits per heavy atom. The van der Waals surface area contributed by atoms with Crippen molar-refractivity contribution in [2.45, 2.75) is 23.1 Å². The van der Waals surface area contributed by atoms with Crippen molar-refractivity contribution in [3.63, 3.8) is 0 Å². The van der Waals surface area contributed by atoms with Crippen molar-refractivity contribution in [1.82, 2.24) is 0 Å². The minimum absolute atomic E-state index is 0.351. The second kappa shape index (κ2) is 6.43. The maximum absolute atomic E-state index is 11.0. The van der Waals surface area contributed by atoms with Crippen LogP contribution in [0.25, 0.3) is 0 Å². The Labute approximate surface area is 130 Å². The normalized spacial score (nSPS) is 10.4. The lowest BCUT2D eigenvalue weighted by atomic mass is 10.1. The third-order valence-corrected chi connectivity index (χ3v) is 4.58. The zero-order valence-corrected chi connectivity index (χ0v) is 13.4. The fourth-order valence-corrected chi connectivity index (χ4v) is 3.07. The van der Waals surface area contributed by atoms with Crippen LogP contribution in [0.15, 0.2) is 52.3 Å². The Morgan fingerprint density at radius 3 is 2.47 bits per heavy atom. The Bertz CT molecular complexity index is 594. The molecule has 2 nitrogen and oxygen atoms in total. The van der Waals surface area contributed by atoms with Crippen LogP contribution < -0.4 is 0 Å². The van der Waals surface area contributed by atoms with Gasteiger partial charge in [0.1, 0.15) is 0 Å². The standard InChI is InChI=1S/C15H13IO2S/c1-2-10-9-11(15(17)18)3-8-14(10)19-13-6-4-12(16)5-7-13/h3-9H,2H2,1H3,(H,17,18). The van der Waals surface area contributed by atoms with Crippen molar-refractivity contribution in [2.24, 2.45) is 0 Å². The minimum Gasteiger partial charge on any atom is -0.478 e. The van der Waals surface area contributed by atoms with Gasteiger partial charge in [0.05, 0.1) is 5.56 Å². The van der Waals surface area contributed by atoms with Crippen molar-refractivity contribution in [3.8, 4) is 0 Å². The molecule has 0 aliphatic heterocycles. The Balaban J connectivity index is 2.29. The average molecular weight is 384 g/mol. The average Bonchev–Trinajstić information content (AvgIpc) is 2.41. The molecule has 0 atom stereocenters. The Morgan fingerprint density at radius 2 is 1.89 bits per heavy atom. The van der Waals surface area contributed by atoms with E-state index in [0.29, 0.717) is 5.56 Å². The van der Waals surface area contributed by atoms with Crippen molar-refractivity contribution in [2.75, 3.05) is 0 Å². The summed E-state index contributed by atoms with van der Waals surface area (Å²) in [4.78, 5) is 13.3. The van der Waals surface area contributed by atoms with E-state index in [1.165, 1.54) is 3.57 Å². The molecule has 0 spiro atoms. The van der Waals surface area contributed by atoms with Crippen LogP contribution in [-0.2, 0) is 6.42 Å². The number of hydrogen-bond acceptors (Lipinski definition) is 2. The van der Waals surface area contributed by atoms with Crippen LogP contribution in [0.2, 0.25) is 0 Å². The SMILES string of the molecule is CCc1cc(C(=O)O)ccc1Sc1ccc(I)cc1. The molecular weight excluding hydrogens is 371 g/mol. The van der Waals surface area contributed by atoms with Gasteiger partial charge in [0.15, 0.2) is 0 Å². The number of aromatic carboxylic acids is 1. The lowest BCUT2D eigenvalue weighted by Gasteiger charge is -2.08. The highest BCUT2D eigenvalue weighted by Gasteiger charge is 2.08. The van der Waals surface area contributed by atoms with E-state index in [9.17, 15) is 4.79 Å². The van der Waals surface area contributed by atoms with E-state index < -0.39 is 5.97 Å². The maximum atomic E-state index is 11.0. The molecule has 0 saturated heterocycles. The van der Waals surface area contributed by atoms with Gasteiger partial charge in [-0.2, -0.15) is 0 Å². The van der Waals surface area contributed by atoms with Crippen LogP contribution in [0.3, 0.4) is 0 Å². The number of aryl methyl sites for hydroxylation is 1. The van der Waals surface area contributed by atoms with E-state index >= 15 is 0 Å². The summed E-state index contributed by atoms with van der Waals surface area (Å²) in [6, 6.07) is 13.6. The predicted molar refractivity (Wildman–Crippen MR) is 86.1 cm³/mol. The number of carbonyl (C=O) groups is 1. The van der Waals surface area contributed by atoms with Crippen molar-refractivity contribution >= 4 is 40.3 Å². The predicted octanol–water partition coefficient (Wildman–Crippen LogP) is 4.70. The van der Waals surface area contributed by atoms with Gasteiger partial charge in [0, 0.05) is 13.4 Å². The largest absolute Gasteiger partial charge is 0.478 e. The van der Waals surface area contributed by atoms with Gasteiger partial charge in [-0.15, -0.1) is 0 Å². The topological polar surface area (TPSA) is 37.3 Å². The number of rotatable bonds is 4. The summed E-state index contributed by atoms with van der Waals surface area (Å²) in [5.41, 5.74) is 1.42. The summed E-state index contributed by atoms with van der Waals surface area (Å²) < 4.78 is 1.21. The van der Waals surface area contributed by atoms with Gasteiger partial charge >= 0.3 is 5.97 Å². The molecule has 0 bridgehead atoms. The van der Waals surface area contributed by atoms with E-state index in [-0.39, 0.29) is 0 Å². The van der Waals surface area contributed by atoms with Crippen LogP contribution >= 0.6 is 34.4 Å². The molecule has 4 heteroatoms. The van der Waals surface area contributed by atoms with E-state index in [2.05, 4.69) is 46.9 Å².